The number of carboxylic acid groups (broad SMARTS) is 1. The molecule has 12 aromatic carbocycles. The molecule has 0 fully saturated rings. The van der Waals surface area contributed by atoms with E-state index in [0.717, 1.165) is 11.1 Å². The third-order valence-electron chi connectivity index (χ3n) is 16.3. The maximum absolute atomic E-state index is 13.7. The molecule has 0 aliphatic carbocycles. The first-order valence-electron chi connectivity index (χ1n) is 29.0. The Bertz CT molecular complexity index is 4600. The van der Waals surface area contributed by atoms with Gasteiger partial charge in [-0.3, -0.25) is 29.2 Å². The standard InChI is InChI=1S/C39H30ClN3O3.C37H27ClN2O2.Ni.H2S/c40-30-18-19-34(33(20-30)39(41-21-36(45)46)27-10-2-1-3-11-27)42-35(44)24-43-22-28-16-14-25-8-4-6-12-31(25)37(28)38-29(23-43)17-15-26-9-5-7-13-32(26)38;38-29-18-19-33(32(20-29)37(42)26-10-2-1-3-11-26)39-34(41)23-40-21-27-16-14-24-8-4-6-12-30(24)35(27)36-28(22-40)17-15-25-9-5-7-13-31(25)36;;/h1-20H,21-24H2,(H2,41,42,44,45,46);1-20H,21-23H2,(H,39,41);;1H2/q;;+2;/p-1. The fourth-order valence-electron chi connectivity index (χ4n) is 12.5. The monoisotopic (exact) mass is 1280 g/mol. The normalized spacial score (nSPS) is 12.8. The number of aliphatic carboxylic acids is 1. The Labute approximate surface area is 548 Å². The number of halogens is 2. The number of ketones is 1. The van der Waals surface area contributed by atoms with E-state index in [2.05, 4.69) is 171 Å². The molecular formula is C76H58Cl2N5NiO5S+. The Balaban J connectivity index is 0.000000182. The molecule has 0 saturated carbocycles. The number of nitrogens with one attached hydrogen (secondary N) is 1. The van der Waals surface area contributed by atoms with Crippen molar-refractivity contribution in [1.82, 2.24) is 9.80 Å². The van der Waals surface area contributed by atoms with E-state index in [0.29, 0.717) is 75.6 Å². The number of fused-ring (bicyclic) bond motifs is 14. The third kappa shape index (κ3) is 13.2. The quantitative estimate of drug-likeness (QED) is 0.0707. The average molecular weight is 1280 g/mol. The van der Waals surface area contributed by atoms with Crippen LogP contribution in [0.25, 0.3) is 70.7 Å². The summed E-state index contributed by atoms with van der Waals surface area (Å²) in [6, 6.07) is 79.5. The Morgan fingerprint density at radius 3 is 1.29 bits per heavy atom. The van der Waals surface area contributed by atoms with Gasteiger partial charge in [0.2, 0.25) is 5.91 Å². The molecule has 14 heteroatoms. The number of carbonyl (C=O) groups excluding carboxylic acids is 3. The largest absolute Gasteiger partial charge is 2.00 e. The minimum Gasteiger partial charge on any atom is -0.625 e. The molecular weight excluding hydrogens is 1220 g/mol. The first-order chi connectivity index (χ1) is 43.0. The van der Waals surface area contributed by atoms with E-state index < -0.39 is 12.5 Å². The number of amides is 2. The molecule has 90 heavy (non-hydrogen) atoms. The van der Waals surface area contributed by atoms with Crippen LogP contribution in [0.4, 0.5) is 11.4 Å². The van der Waals surface area contributed by atoms with Crippen molar-refractivity contribution in [2.24, 2.45) is 4.99 Å². The summed E-state index contributed by atoms with van der Waals surface area (Å²) in [7, 11) is 0. The topological polar surface area (TPSA) is 133 Å². The molecule has 2 amide bonds. The maximum Gasteiger partial charge on any atom is 2.00 e. The van der Waals surface area contributed by atoms with Gasteiger partial charge in [0.15, 0.2) is 5.78 Å². The number of aliphatic imine (C=N–C) groups is 1. The molecule has 2 N–H and O–H groups in total. The van der Waals surface area contributed by atoms with Gasteiger partial charge in [-0.25, -0.2) is 0 Å². The van der Waals surface area contributed by atoms with E-state index in [1.54, 1.807) is 48.5 Å². The second kappa shape index (κ2) is 27.7. The van der Waals surface area contributed by atoms with Crippen LogP contribution in [0.2, 0.25) is 10.0 Å². The smallest absolute Gasteiger partial charge is 0.625 e. The molecule has 0 bridgehead atoms. The van der Waals surface area contributed by atoms with Crippen molar-refractivity contribution >= 4 is 120 Å². The SMILES string of the molecule is O=C(CN1Cc2ccc3ccccc3c2-c2c(ccc3ccccc23)C1)Nc1ccc(Cl)cc1C(=O)c1ccccc1.O=C(O)CN=C(c1ccccc1)c1cc(Cl)ccc1[N-]C(=O)CN1Cc2ccc3ccccc3c2-c2c(ccc3ccccc23)C1.S.[Ni+2]. The summed E-state index contributed by atoms with van der Waals surface area (Å²) in [6.45, 7) is 2.22. The Hall–Kier alpha value is -9.23. The van der Waals surface area contributed by atoms with E-state index in [1.807, 2.05) is 48.5 Å². The van der Waals surface area contributed by atoms with E-state index in [9.17, 15) is 24.3 Å². The van der Waals surface area contributed by atoms with Gasteiger partial charge in [0.1, 0.15) is 6.54 Å². The van der Waals surface area contributed by atoms with Crippen LogP contribution in [0.15, 0.2) is 248 Å². The van der Waals surface area contributed by atoms with Crippen LogP contribution < -0.4 is 5.32 Å². The summed E-state index contributed by atoms with van der Waals surface area (Å²) in [4.78, 5) is 60.7. The molecule has 2 aliphatic heterocycles. The number of rotatable bonds is 12. The van der Waals surface area contributed by atoms with E-state index in [-0.39, 0.29) is 60.7 Å². The van der Waals surface area contributed by atoms with Crippen molar-refractivity contribution in [3.8, 4) is 22.3 Å². The fourth-order valence-corrected chi connectivity index (χ4v) is 12.8. The first-order valence-corrected chi connectivity index (χ1v) is 29.8. The van der Waals surface area contributed by atoms with Gasteiger partial charge >= 0.3 is 22.5 Å². The molecule has 0 radical (unpaired) electrons. The first kappa shape index (κ1) is 62.4. The molecule has 2 heterocycles. The van der Waals surface area contributed by atoms with Gasteiger partial charge in [-0.15, -0.1) is 5.69 Å². The zero-order valence-corrected chi connectivity index (χ0v) is 52.0. The van der Waals surface area contributed by atoms with Gasteiger partial charge in [0.25, 0.3) is 0 Å². The number of hydrogen-bond acceptors (Lipinski definition) is 7. The Morgan fingerprint density at radius 1 is 0.456 bits per heavy atom. The van der Waals surface area contributed by atoms with Crippen LogP contribution in [-0.2, 0) is 57.1 Å². The van der Waals surface area contributed by atoms with Crippen molar-refractivity contribution in [2.45, 2.75) is 26.2 Å². The van der Waals surface area contributed by atoms with Crippen LogP contribution in [0.1, 0.15) is 49.3 Å². The van der Waals surface area contributed by atoms with Gasteiger partial charge in [-0.2, -0.15) is 13.5 Å². The second-order valence-electron chi connectivity index (χ2n) is 22.1. The average Bonchev–Trinajstić information content (AvgIpc) is 1.45. The molecule has 14 rings (SSSR count). The predicted octanol–water partition coefficient (Wildman–Crippen LogP) is 17.4. The van der Waals surface area contributed by atoms with Gasteiger partial charge < -0.3 is 20.5 Å². The van der Waals surface area contributed by atoms with Crippen LogP contribution >= 0.6 is 36.7 Å². The van der Waals surface area contributed by atoms with Gasteiger partial charge in [-0.05, 0) is 123 Å². The van der Waals surface area contributed by atoms with Crippen molar-refractivity contribution in [1.29, 1.82) is 0 Å². The summed E-state index contributed by atoms with van der Waals surface area (Å²) in [5.74, 6) is -1.76. The summed E-state index contributed by atoms with van der Waals surface area (Å²) in [6.07, 6.45) is 0. The number of anilines is 1. The molecule has 0 aromatic heterocycles. The van der Waals surface area contributed by atoms with E-state index in [1.165, 1.54) is 76.5 Å². The molecule has 0 spiro atoms. The molecule has 0 saturated heterocycles. The molecule has 2 aliphatic rings. The van der Waals surface area contributed by atoms with Crippen molar-refractivity contribution < 1.29 is 40.8 Å². The molecule has 0 unspecified atom stereocenters. The summed E-state index contributed by atoms with van der Waals surface area (Å²) in [5.41, 5.74) is 12.9. The Morgan fingerprint density at radius 2 is 0.844 bits per heavy atom. The van der Waals surface area contributed by atoms with Crippen molar-refractivity contribution in [3.63, 3.8) is 0 Å². The zero-order valence-electron chi connectivity index (χ0n) is 48.5. The number of carbonyl (C=O) groups is 4. The van der Waals surface area contributed by atoms with Crippen molar-refractivity contribution in [3.05, 3.63) is 303 Å². The van der Waals surface area contributed by atoms with Crippen LogP contribution in [0.5, 0.6) is 0 Å². The molecule has 12 aromatic rings. The third-order valence-corrected chi connectivity index (χ3v) is 16.7. The molecule has 446 valence electrons. The van der Waals surface area contributed by atoms with Gasteiger partial charge in [0, 0.05) is 59.5 Å². The zero-order chi connectivity index (χ0) is 60.3. The Kier molecular flexibility index (Phi) is 19.2. The van der Waals surface area contributed by atoms with E-state index >= 15 is 0 Å². The second-order valence-corrected chi connectivity index (χ2v) is 23.0. The van der Waals surface area contributed by atoms with E-state index in [4.69, 9.17) is 23.2 Å². The van der Waals surface area contributed by atoms with Crippen LogP contribution in [0.3, 0.4) is 0 Å². The number of nitrogens with zero attached hydrogens (tertiary/aromatic N) is 4. The molecule has 10 nitrogen and oxygen atoms in total. The predicted molar refractivity (Wildman–Crippen MR) is 366 cm³/mol. The molecule has 0 atom stereocenters. The summed E-state index contributed by atoms with van der Waals surface area (Å²) >= 11 is 12.7. The van der Waals surface area contributed by atoms with Gasteiger partial charge in [0.05, 0.1) is 23.9 Å². The van der Waals surface area contributed by atoms with Crippen molar-refractivity contribution in [2.75, 3.05) is 25.0 Å². The minimum atomic E-state index is -1.06. The number of benzene rings is 12. The van der Waals surface area contributed by atoms with Gasteiger partial charge in [-0.1, -0.05) is 236 Å². The minimum absolute atomic E-state index is 0. The fraction of sp³-hybridized carbons (Fsp3) is 0.0921. The summed E-state index contributed by atoms with van der Waals surface area (Å²) < 4.78 is 0. The number of hydrogen-bond donors (Lipinski definition) is 2. The summed E-state index contributed by atoms with van der Waals surface area (Å²) in [5, 5.41) is 27.3. The van der Waals surface area contributed by atoms with Crippen LogP contribution in [0, 0.1) is 0 Å². The maximum atomic E-state index is 13.7. The number of carboxylic acids is 1. The van der Waals surface area contributed by atoms with Crippen LogP contribution in [-0.4, -0.2) is 63.8 Å².